The van der Waals surface area contributed by atoms with Gasteiger partial charge in [0.15, 0.2) is 12.5 Å². The van der Waals surface area contributed by atoms with Gasteiger partial charge in [0, 0.05) is 0 Å². The van der Waals surface area contributed by atoms with Gasteiger partial charge >= 0.3 is 0 Å². The minimum Gasteiger partial charge on any atom is -0.499 e. The normalized spacial score (nSPS) is 8.93. The summed E-state index contributed by atoms with van der Waals surface area (Å²) in [7, 11) is 1.57. The zero-order valence-electron chi connectivity index (χ0n) is 7.69. The Kier molecular flexibility index (Phi) is 3.58. The van der Waals surface area contributed by atoms with E-state index in [0.717, 1.165) is 0 Å². The number of ether oxygens (including phenoxy) is 2. The maximum Gasteiger partial charge on any atom is 0.215 e. The van der Waals surface area contributed by atoms with Crippen LogP contribution in [0.4, 0.5) is 0 Å². The van der Waals surface area contributed by atoms with Crippen LogP contribution in [0.3, 0.4) is 0 Å². The topological polar surface area (TPSA) is 55.8 Å². The van der Waals surface area contributed by atoms with Crippen molar-refractivity contribution in [3.05, 3.63) is 30.0 Å². The molecule has 0 radical (unpaired) electrons. The third kappa shape index (κ3) is 2.84. The molecule has 0 heterocycles. The van der Waals surface area contributed by atoms with E-state index in [1.807, 2.05) is 0 Å². The summed E-state index contributed by atoms with van der Waals surface area (Å²) in [5.41, 5.74) is 0. The molecule has 0 aliphatic rings. The molecule has 0 atom stereocenters. The standard InChI is InChI=1S/C10H10O4/c1-13-9-2-4-10(5-3-9)14-7-8(12)6-11/h2-5,12H,7H2,1H3. The molecule has 1 aromatic rings. The summed E-state index contributed by atoms with van der Waals surface area (Å²) in [6.45, 7) is -0.171. The average molecular weight is 194 g/mol. The van der Waals surface area contributed by atoms with Crippen molar-refractivity contribution >= 4 is 5.94 Å². The molecule has 0 saturated heterocycles. The molecule has 0 fully saturated rings. The van der Waals surface area contributed by atoms with Crippen molar-refractivity contribution in [2.24, 2.45) is 0 Å². The van der Waals surface area contributed by atoms with E-state index in [4.69, 9.17) is 14.6 Å². The monoisotopic (exact) mass is 194 g/mol. The second-order valence-corrected chi connectivity index (χ2v) is 2.51. The number of aliphatic hydroxyl groups is 1. The second-order valence-electron chi connectivity index (χ2n) is 2.51. The van der Waals surface area contributed by atoms with Crippen LogP contribution in [0, 0.1) is 0 Å². The third-order valence-corrected chi connectivity index (χ3v) is 1.55. The van der Waals surface area contributed by atoms with Crippen molar-refractivity contribution < 1.29 is 19.4 Å². The lowest BCUT2D eigenvalue weighted by atomic mass is 10.3. The first kappa shape index (κ1) is 10.2. The molecule has 74 valence electrons. The van der Waals surface area contributed by atoms with Gasteiger partial charge in [0.2, 0.25) is 5.76 Å². The van der Waals surface area contributed by atoms with E-state index in [1.54, 1.807) is 31.4 Å². The summed E-state index contributed by atoms with van der Waals surface area (Å²) in [4.78, 5) is 9.91. The molecule has 0 aliphatic carbocycles. The molecule has 4 heteroatoms. The van der Waals surface area contributed by atoms with Crippen LogP contribution in [0.5, 0.6) is 11.5 Å². The van der Waals surface area contributed by atoms with Gasteiger partial charge in [-0.1, -0.05) is 0 Å². The Morgan fingerprint density at radius 2 is 1.93 bits per heavy atom. The molecule has 4 nitrogen and oxygen atoms in total. The largest absolute Gasteiger partial charge is 0.499 e. The lowest BCUT2D eigenvalue weighted by Crippen LogP contribution is -2.00. The predicted molar refractivity (Wildman–Crippen MR) is 50.3 cm³/mol. The van der Waals surface area contributed by atoms with Gasteiger partial charge in [0.25, 0.3) is 0 Å². The zero-order chi connectivity index (χ0) is 10.4. The van der Waals surface area contributed by atoms with Crippen molar-refractivity contribution in [3.63, 3.8) is 0 Å². The smallest absolute Gasteiger partial charge is 0.215 e. The SMILES string of the molecule is COc1ccc(OCC(O)=C=O)cc1. The van der Waals surface area contributed by atoms with Gasteiger partial charge in [0.05, 0.1) is 7.11 Å². The van der Waals surface area contributed by atoms with Gasteiger partial charge in [0.1, 0.15) is 11.5 Å². The van der Waals surface area contributed by atoms with Crippen molar-refractivity contribution in [2.75, 3.05) is 13.7 Å². The van der Waals surface area contributed by atoms with E-state index >= 15 is 0 Å². The molecule has 1 N–H and O–H groups in total. The Morgan fingerprint density at radius 1 is 1.36 bits per heavy atom. The van der Waals surface area contributed by atoms with Crippen LogP contribution in [-0.4, -0.2) is 24.8 Å². The second kappa shape index (κ2) is 4.94. The van der Waals surface area contributed by atoms with Crippen LogP contribution in [0.25, 0.3) is 0 Å². The van der Waals surface area contributed by atoms with Crippen LogP contribution >= 0.6 is 0 Å². The van der Waals surface area contributed by atoms with Gasteiger partial charge in [-0.05, 0) is 24.3 Å². The Labute approximate surface area is 81.4 Å². The summed E-state index contributed by atoms with van der Waals surface area (Å²) in [6.07, 6.45) is 0. The molecular formula is C10H10O4. The van der Waals surface area contributed by atoms with E-state index in [2.05, 4.69) is 0 Å². The lowest BCUT2D eigenvalue weighted by molar-refractivity contribution is 0.273. The minimum atomic E-state index is -0.458. The molecule has 0 saturated carbocycles. The number of hydrogen-bond acceptors (Lipinski definition) is 4. The molecule has 0 unspecified atom stereocenters. The van der Waals surface area contributed by atoms with E-state index in [1.165, 1.54) is 5.94 Å². The van der Waals surface area contributed by atoms with Gasteiger partial charge in [-0.3, -0.25) is 0 Å². The molecule has 0 amide bonds. The third-order valence-electron chi connectivity index (χ3n) is 1.55. The Bertz CT molecular complexity index is 336. The Hall–Kier alpha value is -1.93. The van der Waals surface area contributed by atoms with Gasteiger partial charge < -0.3 is 14.6 Å². The van der Waals surface area contributed by atoms with Crippen LogP contribution in [-0.2, 0) is 4.79 Å². The summed E-state index contributed by atoms with van der Waals surface area (Å²) in [5, 5.41) is 8.76. The highest BCUT2D eigenvalue weighted by atomic mass is 16.5. The number of hydrogen-bond donors (Lipinski definition) is 1. The Balaban J connectivity index is 2.56. The summed E-state index contributed by atoms with van der Waals surface area (Å²) in [5.74, 6) is 2.14. The van der Waals surface area contributed by atoms with Crippen molar-refractivity contribution in [3.8, 4) is 11.5 Å². The number of aliphatic hydroxyl groups excluding tert-OH is 1. The summed E-state index contributed by atoms with van der Waals surface area (Å²) in [6, 6.07) is 6.79. The van der Waals surface area contributed by atoms with Gasteiger partial charge in [-0.25, -0.2) is 4.79 Å². The maximum atomic E-state index is 9.91. The van der Waals surface area contributed by atoms with Crippen LogP contribution in [0.2, 0.25) is 0 Å². The molecule has 1 rings (SSSR count). The van der Waals surface area contributed by atoms with Gasteiger partial charge in [-0.2, -0.15) is 0 Å². The first-order chi connectivity index (χ1) is 6.76. The van der Waals surface area contributed by atoms with Crippen molar-refractivity contribution in [1.82, 2.24) is 0 Å². The molecule has 0 aromatic heterocycles. The molecule has 1 aromatic carbocycles. The summed E-state index contributed by atoms with van der Waals surface area (Å²) < 4.78 is 10.00. The van der Waals surface area contributed by atoms with E-state index in [0.29, 0.717) is 11.5 Å². The van der Waals surface area contributed by atoms with Crippen LogP contribution in [0.15, 0.2) is 30.0 Å². The molecular weight excluding hydrogens is 184 g/mol. The van der Waals surface area contributed by atoms with Crippen molar-refractivity contribution in [2.45, 2.75) is 0 Å². The number of benzene rings is 1. The van der Waals surface area contributed by atoms with E-state index < -0.39 is 5.76 Å². The highest BCUT2D eigenvalue weighted by Crippen LogP contribution is 2.16. The lowest BCUT2D eigenvalue weighted by Gasteiger charge is -2.04. The first-order valence-corrected chi connectivity index (χ1v) is 3.96. The van der Waals surface area contributed by atoms with Crippen molar-refractivity contribution in [1.29, 1.82) is 0 Å². The van der Waals surface area contributed by atoms with E-state index in [9.17, 15) is 4.79 Å². The van der Waals surface area contributed by atoms with E-state index in [-0.39, 0.29) is 6.61 Å². The number of rotatable bonds is 4. The fraction of sp³-hybridized carbons (Fsp3) is 0.200. The molecule has 0 aliphatic heterocycles. The molecule has 14 heavy (non-hydrogen) atoms. The fourth-order valence-electron chi connectivity index (χ4n) is 0.853. The quantitative estimate of drug-likeness (QED) is 0.580. The van der Waals surface area contributed by atoms with Crippen LogP contribution < -0.4 is 9.47 Å². The average Bonchev–Trinajstić information content (AvgIpc) is 2.26. The fourth-order valence-corrected chi connectivity index (χ4v) is 0.853. The maximum absolute atomic E-state index is 9.91. The van der Waals surface area contributed by atoms with Crippen LogP contribution in [0.1, 0.15) is 0 Å². The first-order valence-electron chi connectivity index (χ1n) is 3.96. The number of methoxy groups -OCH3 is 1. The zero-order valence-corrected chi connectivity index (χ0v) is 7.69. The minimum absolute atomic E-state index is 0.171. The Morgan fingerprint density at radius 3 is 2.43 bits per heavy atom. The highest BCUT2D eigenvalue weighted by molar-refractivity contribution is 5.49. The molecule has 0 bridgehead atoms. The van der Waals surface area contributed by atoms with Gasteiger partial charge in [-0.15, -0.1) is 0 Å². The highest BCUT2D eigenvalue weighted by Gasteiger charge is 1.97. The molecule has 0 spiro atoms. The predicted octanol–water partition coefficient (Wildman–Crippen LogP) is 1.35. The number of carbonyl (C=O) groups excluding carboxylic acids is 1. The summed E-state index contributed by atoms with van der Waals surface area (Å²) >= 11 is 0.